The molecule has 10 rings (SSSR count). The molecule has 0 heteroatoms. The zero-order valence-electron chi connectivity index (χ0n) is 43.1. The fourth-order valence-corrected chi connectivity index (χ4v) is 14.0. The molecule has 0 aromatic heterocycles. The van der Waals surface area contributed by atoms with E-state index in [0.29, 0.717) is 0 Å². The van der Waals surface area contributed by atoms with E-state index in [2.05, 4.69) is 187 Å². The van der Waals surface area contributed by atoms with E-state index in [-0.39, 0.29) is 16.2 Å². The molecule has 0 amide bonds. The van der Waals surface area contributed by atoms with Gasteiger partial charge in [0.05, 0.1) is 0 Å². The van der Waals surface area contributed by atoms with Crippen molar-refractivity contribution >= 4 is 0 Å². The Balaban J connectivity index is 1.19. The minimum Gasteiger partial charge on any atom is -0.0654 e. The van der Waals surface area contributed by atoms with Crippen molar-refractivity contribution in [1.82, 2.24) is 0 Å². The molecule has 0 saturated heterocycles. The average molecular weight is 907 g/mol. The van der Waals surface area contributed by atoms with Crippen LogP contribution in [0.2, 0.25) is 0 Å². The van der Waals surface area contributed by atoms with Crippen molar-refractivity contribution in [1.29, 1.82) is 0 Å². The van der Waals surface area contributed by atoms with Crippen LogP contribution in [0.5, 0.6) is 0 Å². The first-order valence-electron chi connectivity index (χ1n) is 27.8. The minimum atomic E-state index is 0.0263. The normalized spacial score (nSPS) is 15.0. The van der Waals surface area contributed by atoms with E-state index in [1.165, 1.54) is 182 Å². The SMILES string of the molecule is CCCCC1(CCCC)c2ccccc2-c2ccc(-c3ccc(-c4ccc5c(c4)C(CCCC)(CCCC)c4ccccc4-5)c(-c4ccc5c(c4)C(CCCC)(CCCC)c4ccccc4-5)c3)cc21. The molecule has 0 N–H and O–H groups in total. The van der Waals surface area contributed by atoms with Gasteiger partial charge in [0.2, 0.25) is 0 Å². The lowest BCUT2D eigenvalue weighted by Gasteiger charge is -2.33. The monoisotopic (exact) mass is 907 g/mol. The molecule has 3 aliphatic rings. The number of hydrogen-bond donors (Lipinski definition) is 0. The molecule has 0 spiro atoms. The zero-order chi connectivity index (χ0) is 47.6. The third kappa shape index (κ3) is 7.97. The Morgan fingerprint density at radius 1 is 0.232 bits per heavy atom. The Morgan fingerprint density at radius 2 is 0.493 bits per heavy atom. The van der Waals surface area contributed by atoms with Crippen molar-refractivity contribution in [3.8, 4) is 66.8 Å². The molecule has 0 fully saturated rings. The average Bonchev–Trinajstić information content (AvgIpc) is 3.95. The standard InChI is InChI=1S/C69H78/c1-7-13-39-67(40-14-8-2)61-28-22-19-25-54(61)57-36-32-50(46-64(57)67)49-31-35-53(51-33-37-58-55-26-20-23-29-62(55)68(41-15-9-3,42-16-10-4)65(58)47-51)60(45-49)52-34-38-59-56-27-21-24-30-63(56)69(43-17-11-5,44-18-12-6)66(59)48-52/h19-38,45-48H,7-18,39-44H2,1-6H3. The smallest absolute Gasteiger partial charge is 0.0215 e. The second kappa shape index (κ2) is 20.1. The van der Waals surface area contributed by atoms with Gasteiger partial charge in [0.15, 0.2) is 0 Å². The molecule has 354 valence electrons. The van der Waals surface area contributed by atoms with Gasteiger partial charge in [-0.15, -0.1) is 0 Å². The van der Waals surface area contributed by atoms with E-state index < -0.39 is 0 Å². The summed E-state index contributed by atoms with van der Waals surface area (Å²) in [6.45, 7) is 14.2. The van der Waals surface area contributed by atoms with Crippen molar-refractivity contribution in [2.75, 3.05) is 0 Å². The quantitative estimate of drug-likeness (QED) is 0.0674. The van der Waals surface area contributed by atoms with Gasteiger partial charge in [0.1, 0.15) is 0 Å². The molecule has 0 heterocycles. The number of fused-ring (bicyclic) bond motifs is 9. The molecule has 0 unspecified atom stereocenters. The van der Waals surface area contributed by atoms with E-state index in [1.807, 2.05) is 0 Å². The van der Waals surface area contributed by atoms with E-state index in [0.717, 1.165) is 0 Å². The zero-order valence-corrected chi connectivity index (χ0v) is 43.1. The van der Waals surface area contributed by atoms with E-state index in [9.17, 15) is 0 Å². The van der Waals surface area contributed by atoms with E-state index >= 15 is 0 Å². The molecular formula is C69H78. The predicted molar refractivity (Wildman–Crippen MR) is 299 cm³/mol. The summed E-state index contributed by atoms with van der Waals surface area (Å²) in [4.78, 5) is 0. The van der Waals surface area contributed by atoms with Crippen LogP contribution in [0, 0.1) is 0 Å². The number of unbranched alkanes of at least 4 members (excludes halogenated alkanes) is 6. The highest BCUT2D eigenvalue weighted by atomic mass is 14.5. The van der Waals surface area contributed by atoms with Crippen LogP contribution in [-0.4, -0.2) is 0 Å². The van der Waals surface area contributed by atoms with Crippen LogP contribution in [0.1, 0.15) is 190 Å². The van der Waals surface area contributed by atoms with Gasteiger partial charge in [-0.05, 0) is 163 Å². The number of benzene rings is 7. The molecular weight excluding hydrogens is 829 g/mol. The van der Waals surface area contributed by atoms with Crippen molar-refractivity contribution in [2.24, 2.45) is 0 Å². The first-order chi connectivity index (χ1) is 33.9. The van der Waals surface area contributed by atoms with E-state index in [1.54, 1.807) is 33.4 Å². The second-order valence-corrected chi connectivity index (χ2v) is 21.5. The molecule has 0 nitrogen and oxygen atoms in total. The first-order valence-corrected chi connectivity index (χ1v) is 27.8. The van der Waals surface area contributed by atoms with Gasteiger partial charge in [-0.25, -0.2) is 0 Å². The van der Waals surface area contributed by atoms with Gasteiger partial charge < -0.3 is 0 Å². The number of hydrogen-bond acceptors (Lipinski definition) is 0. The van der Waals surface area contributed by atoms with Crippen LogP contribution in [-0.2, 0) is 16.2 Å². The van der Waals surface area contributed by atoms with Crippen molar-refractivity contribution in [3.05, 3.63) is 179 Å². The summed E-state index contributed by atoms with van der Waals surface area (Å²) in [5, 5.41) is 0. The van der Waals surface area contributed by atoms with Crippen molar-refractivity contribution < 1.29 is 0 Å². The maximum absolute atomic E-state index is 2.67. The maximum Gasteiger partial charge on any atom is 0.0215 e. The summed E-state index contributed by atoms with van der Waals surface area (Å²) in [6.07, 6.45) is 21.9. The van der Waals surface area contributed by atoms with Gasteiger partial charge in [-0.1, -0.05) is 240 Å². The summed E-state index contributed by atoms with van der Waals surface area (Å²) < 4.78 is 0. The van der Waals surface area contributed by atoms with Crippen LogP contribution in [0.25, 0.3) is 66.8 Å². The van der Waals surface area contributed by atoms with Crippen LogP contribution in [0.4, 0.5) is 0 Å². The Hall–Kier alpha value is -5.46. The predicted octanol–water partition coefficient (Wildman–Crippen LogP) is 20.6. The third-order valence-electron chi connectivity index (χ3n) is 17.5. The molecule has 0 radical (unpaired) electrons. The van der Waals surface area contributed by atoms with Gasteiger partial charge in [0, 0.05) is 16.2 Å². The van der Waals surface area contributed by atoms with Gasteiger partial charge in [-0.3, -0.25) is 0 Å². The maximum atomic E-state index is 2.67. The molecule has 0 bridgehead atoms. The largest absolute Gasteiger partial charge is 0.0654 e. The Morgan fingerprint density at radius 3 is 0.841 bits per heavy atom. The van der Waals surface area contributed by atoms with E-state index in [4.69, 9.17) is 0 Å². The molecule has 0 aliphatic heterocycles. The topological polar surface area (TPSA) is 0 Å². The van der Waals surface area contributed by atoms with Crippen molar-refractivity contribution in [2.45, 2.75) is 173 Å². The van der Waals surface area contributed by atoms with Crippen LogP contribution < -0.4 is 0 Å². The highest BCUT2D eigenvalue weighted by molar-refractivity contribution is 5.93. The minimum absolute atomic E-state index is 0.0263. The summed E-state index contributed by atoms with van der Waals surface area (Å²) >= 11 is 0. The van der Waals surface area contributed by atoms with Crippen LogP contribution in [0.3, 0.4) is 0 Å². The molecule has 0 saturated carbocycles. The molecule has 69 heavy (non-hydrogen) atoms. The van der Waals surface area contributed by atoms with Gasteiger partial charge in [0.25, 0.3) is 0 Å². The molecule has 7 aromatic rings. The molecule has 3 aliphatic carbocycles. The van der Waals surface area contributed by atoms with Crippen LogP contribution in [0.15, 0.2) is 146 Å². The summed E-state index contributed by atoms with van der Waals surface area (Å²) in [6, 6.07) is 58.5. The summed E-state index contributed by atoms with van der Waals surface area (Å²) in [5.41, 5.74) is 26.1. The fraction of sp³-hybridized carbons (Fsp3) is 0.391. The number of rotatable bonds is 21. The Labute approximate surface area is 417 Å². The Bertz CT molecular complexity index is 2910. The first kappa shape index (κ1) is 47.2. The second-order valence-electron chi connectivity index (χ2n) is 21.5. The highest BCUT2D eigenvalue weighted by Gasteiger charge is 2.45. The Kier molecular flexibility index (Phi) is 13.8. The van der Waals surface area contributed by atoms with Gasteiger partial charge in [-0.2, -0.15) is 0 Å². The third-order valence-corrected chi connectivity index (χ3v) is 17.5. The highest BCUT2D eigenvalue weighted by Crippen LogP contribution is 2.58. The lowest BCUT2D eigenvalue weighted by Crippen LogP contribution is -2.25. The lowest BCUT2D eigenvalue weighted by atomic mass is 9.70. The van der Waals surface area contributed by atoms with Crippen LogP contribution >= 0.6 is 0 Å². The van der Waals surface area contributed by atoms with Crippen molar-refractivity contribution in [3.63, 3.8) is 0 Å². The summed E-state index contributed by atoms with van der Waals surface area (Å²) in [5.74, 6) is 0. The molecule has 0 atom stereocenters. The summed E-state index contributed by atoms with van der Waals surface area (Å²) in [7, 11) is 0. The van der Waals surface area contributed by atoms with Gasteiger partial charge >= 0.3 is 0 Å². The molecule has 7 aromatic carbocycles. The lowest BCUT2D eigenvalue weighted by molar-refractivity contribution is 0.414. The fourth-order valence-electron chi connectivity index (χ4n) is 14.0.